The first-order valence-electron chi connectivity index (χ1n) is 10.6. The second-order valence-electron chi connectivity index (χ2n) is 8.08. The van der Waals surface area contributed by atoms with Gasteiger partial charge in [-0.1, -0.05) is 17.8 Å². The predicted octanol–water partition coefficient (Wildman–Crippen LogP) is 4.55. The standard InChI is InChI=1S/C25H27N3O4S/c1-15-6-7-17(8-16(15)2)27-13-28-24(29)10-18(20(12-26)25(28)33-14-27)19-9-22(31-4)23(32-5)11-21(19)30-3/h6-9,11,18H,10,13-14H2,1-5H3/t18-/m0/s1. The van der Waals surface area contributed by atoms with E-state index in [1.165, 1.54) is 22.9 Å². The zero-order valence-corrected chi connectivity index (χ0v) is 20.3. The number of fused-ring (bicyclic) bond motifs is 1. The fourth-order valence-electron chi connectivity index (χ4n) is 4.24. The van der Waals surface area contributed by atoms with Gasteiger partial charge in [0, 0.05) is 29.7 Å². The Labute approximate surface area is 198 Å². The fourth-order valence-corrected chi connectivity index (χ4v) is 5.41. The van der Waals surface area contributed by atoms with E-state index in [9.17, 15) is 10.1 Å². The number of hydrogen-bond donors (Lipinski definition) is 0. The number of rotatable bonds is 5. The first-order chi connectivity index (χ1) is 15.9. The van der Waals surface area contributed by atoms with Crippen LogP contribution in [0.1, 0.15) is 29.0 Å². The molecule has 1 fully saturated rings. The fraction of sp³-hybridized carbons (Fsp3) is 0.360. The first-order valence-corrected chi connectivity index (χ1v) is 11.6. The maximum atomic E-state index is 13.3. The molecule has 2 aliphatic rings. The van der Waals surface area contributed by atoms with Crippen LogP contribution in [0.25, 0.3) is 0 Å². The number of carbonyl (C=O) groups excluding carboxylic acids is 1. The van der Waals surface area contributed by atoms with Crippen LogP contribution < -0.4 is 19.1 Å². The normalized spacial score (nSPS) is 18.1. The third-order valence-electron chi connectivity index (χ3n) is 6.26. The van der Waals surface area contributed by atoms with Crippen LogP contribution in [0.2, 0.25) is 0 Å². The molecule has 0 aliphatic carbocycles. The molecule has 0 unspecified atom stereocenters. The van der Waals surface area contributed by atoms with Crippen LogP contribution in [-0.2, 0) is 4.79 Å². The van der Waals surface area contributed by atoms with Crippen LogP contribution in [0, 0.1) is 25.2 Å². The molecule has 1 saturated heterocycles. The van der Waals surface area contributed by atoms with Crippen molar-refractivity contribution >= 4 is 23.4 Å². The second kappa shape index (κ2) is 9.28. The number of amides is 1. The summed E-state index contributed by atoms with van der Waals surface area (Å²) in [6, 6.07) is 12.2. The highest BCUT2D eigenvalue weighted by atomic mass is 32.2. The average molecular weight is 466 g/mol. The molecular formula is C25H27N3O4S. The van der Waals surface area contributed by atoms with E-state index in [1.54, 1.807) is 38.4 Å². The lowest BCUT2D eigenvalue weighted by Gasteiger charge is -2.42. The lowest BCUT2D eigenvalue weighted by atomic mass is 9.85. The van der Waals surface area contributed by atoms with E-state index in [-0.39, 0.29) is 12.3 Å². The lowest BCUT2D eigenvalue weighted by Crippen LogP contribution is -2.47. The van der Waals surface area contributed by atoms with Gasteiger partial charge >= 0.3 is 0 Å². The lowest BCUT2D eigenvalue weighted by molar-refractivity contribution is -0.129. The van der Waals surface area contributed by atoms with Gasteiger partial charge in [-0.25, -0.2) is 0 Å². The van der Waals surface area contributed by atoms with Crippen LogP contribution in [0.3, 0.4) is 0 Å². The van der Waals surface area contributed by atoms with Gasteiger partial charge in [-0.3, -0.25) is 9.69 Å². The molecule has 7 nitrogen and oxygen atoms in total. The Hall–Kier alpha value is -3.31. The Kier molecular flexibility index (Phi) is 6.43. The van der Waals surface area contributed by atoms with E-state index in [0.29, 0.717) is 35.4 Å². The van der Waals surface area contributed by atoms with E-state index in [4.69, 9.17) is 14.2 Å². The molecule has 2 heterocycles. The summed E-state index contributed by atoms with van der Waals surface area (Å²) in [5.74, 6) is 1.84. The van der Waals surface area contributed by atoms with Crippen molar-refractivity contribution in [1.29, 1.82) is 5.26 Å². The molecule has 0 aromatic heterocycles. The predicted molar refractivity (Wildman–Crippen MR) is 129 cm³/mol. The van der Waals surface area contributed by atoms with E-state index in [2.05, 4.69) is 43.0 Å². The molecule has 8 heteroatoms. The van der Waals surface area contributed by atoms with Gasteiger partial charge < -0.3 is 19.1 Å². The van der Waals surface area contributed by atoms with Gasteiger partial charge in [0.25, 0.3) is 0 Å². The molecule has 2 aromatic carbocycles. The van der Waals surface area contributed by atoms with Crippen molar-refractivity contribution in [2.45, 2.75) is 26.2 Å². The van der Waals surface area contributed by atoms with Crippen LogP contribution in [0.15, 0.2) is 40.9 Å². The summed E-state index contributed by atoms with van der Waals surface area (Å²) in [6.07, 6.45) is 0.180. The van der Waals surface area contributed by atoms with Crippen molar-refractivity contribution in [1.82, 2.24) is 4.90 Å². The van der Waals surface area contributed by atoms with E-state index < -0.39 is 5.92 Å². The Morgan fingerprint density at radius 2 is 1.70 bits per heavy atom. The van der Waals surface area contributed by atoms with Crippen molar-refractivity contribution in [3.63, 3.8) is 0 Å². The quantitative estimate of drug-likeness (QED) is 0.641. The van der Waals surface area contributed by atoms with Crippen LogP contribution in [0.5, 0.6) is 17.2 Å². The minimum Gasteiger partial charge on any atom is -0.496 e. The number of carbonyl (C=O) groups is 1. The van der Waals surface area contributed by atoms with Gasteiger partial charge in [-0.15, -0.1) is 0 Å². The Bertz CT molecular complexity index is 1170. The number of thioether (sulfide) groups is 1. The SMILES string of the molecule is COc1cc(OC)c([C@@H]2CC(=O)N3CN(c4ccc(C)c(C)c4)CSC3=C2C#N)cc1OC. The maximum Gasteiger partial charge on any atom is 0.229 e. The van der Waals surface area contributed by atoms with E-state index in [1.807, 2.05) is 0 Å². The number of methoxy groups -OCH3 is 3. The largest absolute Gasteiger partial charge is 0.496 e. The highest BCUT2D eigenvalue weighted by Gasteiger charge is 2.39. The molecule has 0 saturated carbocycles. The number of allylic oxidation sites excluding steroid dienone is 1. The summed E-state index contributed by atoms with van der Waals surface area (Å²) < 4.78 is 16.4. The van der Waals surface area contributed by atoms with E-state index >= 15 is 0 Å². The minimum absolute atomic E-state index is 0.0214. The summed E-state index contributed by atoms with van der Waals surface area (Å²) in [4.78, 5) is 17.2. The smallest absolute Gasteiger partial charge is 0.229 e. The zero-order valence-electron chi connectivity index (χ0n) is 19.5. The van der Waals surface area contributed by atoms with Crippen LogP contribution in [0.4, 0.5) is 5.69 Å². The zero-order chi connectivity index (χ0) is 23.7. The summed E-state index contributed by atoms with van der Waals surface area (Å²) >= 11 is 1.52. The van der Waals surface area contributed by atoms with Gasteiger partial charge in [0.2, 0.25) is 5.91 Å². The van der Waals surface area contributed by atoms with Crippen molar-refractivity contribution in [3.8, 4) is 23.3 Å². The molecule has 1 amide bonds. The number of nitriles is 1. The Morgan fingerprint density at radius 3 is 2.33 bits per heavy atom. The average Bonchev–Trinajstić information content (AvgIpc) is 2.84. The number of anilines is 1. The van der Waals surface area contributed by atoms with Gasteiger partial charge in [0.05, 0.1) is 50.5 Å². The first kappa shape index (κ1) is 22.9. The minimum atomic E-state index is -0.413. The molecule has 4 rings (SSSR count). The Morgan fingerprint density at radius 1 is 1.00 bits per heavy atom. The summed E-state index contributed by atoms with van der Waals surface area (Å²) in [5, 5.41) is 10.8. The molecular weight excluding hydrogens is 438 g/mol. The summed E-state index contributed by atoms with van der Waals surface area (Å²) in [5.41, 5.74) is 4.83. The third-order valence-corrected chi connectivity index (χ3v) is 7.41. The molecule has 1 atom stereocenters. The molecule has 2 aliphatic heterocycles. The molecule has 0 radical (unpaired) electrons. The van der Waals surface area contributed by atoms with Crippen molar-refractivity contribution in [3.05, 3.63) is 57.6 Å². The third kappa shape index (κ3) is 4.09. The topological polar surface area (TPSA) is 75.0 Å². The molecule has 172 valence electrons. The van der Waals surface area contributed by atoms with Gasteiger partial charge in [-0.2, -0.15) is 5.26 Å². The maximum absolute atomic E-state index is 13.3. The highest BCUT2D eigenvalue weighted by molar-refractivity contribution is 8.03. The summed E-state index contributed by atoms with van der Waals surface area (Å²) in [7, 11) is 4.68. The van der Waals surface area contributed by atoms with E-state index in [0.717, 1.165) is 16.3 Å². The van der Waals surface area contributed by atoms with Crippen LogP contribution in [-0.4, -0.2) is 44.7 Å². The summed E-state index contributed by atoms with van der Waals surface area (Å²) in [6.45, 7) is 4.59. The molecule has 0 N–H and O–H groups in total. The van der Waals surface area contributed by atoms with Crippen molar-refractivity contribution in [2.24, 2.45) is 0 Å². The number of benzene rings is 2. The molecule has 33 heavy (non-hydrogen) atoms. The Balaban J connectivity index is 1.72. The number of aryl methyl sites for hydroxylation is 2. The highest BCUT2D eigenvalue weighted by Crippen LogP contribution is 2.47. The van der Waals surface area contributed by atoms with Crippen LogP contribution >= 0.6 is 11.8 Å². The molecule has 0 bridgehead atoms. The second-order valence-corrected chi connectivity index (χ2v) is 9.02. The van der Waals surface area contributed by atoms with Crippen molar-refractivity contribution in [2.75, 3.05) is 38.8 Å². The monoisotopic (exact) mass is 465 g/mol. The van der Waals surface area contributed by atoms with Gasteiger partial charge in [0.1, 0.15) is 5.75 Å². The van der Waals surface area contributed by atoms with Gasteiger partial charge in [0.15, 0.2) is 11.5 Å². The molecule has 0 spiro atoms. The molecule has 2 aromatic rings. The van der Waals surface area contributed by atoms with Gasteiger partial charge in [-0.05, 0) is 43.2 Å². The van der Waals surface area contributed by atoms with Crippen molar-refractivity contribution < 1.29 is 19.0 Å². The number of nitrogens with zero attached hydrogens (tertiary/aromatic N) is 3. The number of hydrogen-bond acceptors (Lipinski definition) is 7. The number of ether oxygens (including phenoxy) is 3.